The molecule has 3 atom stereocenters. The van der Waals surface area contributed by atoms with Gasteiger partial charge in [-0.05, 0) is 35.8 Å². The van der Waals surface area contributed by atoms with Crippen molar-refractivity contribution in [1.82, 2.24) is 5.32 Å². The van der Waals surface area contributed by atoms with E-state index >= 15 is 0 Å². The molecule has 1 saturated carbocycles. The molecular formula is C13H16ClN. The first kappa shape index (κ1) is 9.68. The molecule has 1 aliphatic carbocycles. The molecule has 0 amide bonds. The molecule has 1 heterocycles. The van der Waals surface area contributed by atoms with E-state index in [-0.39, 0.29) is 0 Å². The number of hydrogen-bond acceptors (Lipinski definition) is 1. The summed E-state index contributed by atoms with van der Waals surface area (Å²) >= 11 is 6.03. The highest BCUT2D eigenvalue weighted by molar-refractivity contribution is 6.18. The minimum atomic E-state index is 0.489. The maximum Gasteiger partial charge on any atom is 0.0261 e. The Labute approximate surface area is 95.8 Å². The normalized spacial score (nSPS) is 37.7. The Hall–Kier alpha value is -0.530. The van der Waals surface area contributed by atoms with Crippen molar-refractivity contribution in [2.24, 2.45) is 17.3 Å². The van der Waals surface area contributed by atoms with Crippen LogP contribution in [0.5, 0.6) is 0 Å². The van der Waals surface area contributed by atoms with Gasteiger partial charge in [-0.15, -0.1) is 11.6 Å². The van der Waals surface area contributed by atoms with Gasteiger partial charge in [0.1, 0.15) is 0 Å². The van der Waals surface area contributed by atoms with Crippen molar-refractivity contribution >= 4 is 11.6 Å². The first-order valence-corrected chi connectivity index (χ1v) is 6.21. The van der Waals surface area contributed by atoms with Gasteiger partial charge in [-0.3, -0.25) is 0 Å². The molecule has 0 bridgehead atoms. The Morgan fingerprint density at radius 2 is 2.13 bits per heavy atom. The predicted molar refractivity (Wildman–Crippen MR) is 63.1 cm³/mol. The standard InChI is InChI=1S/C13H16ClN/c14-7-11-12-8-15-9-13(11,12)6-10-4-2-1-3-5-10/h1-5,11-12,15H,6-9H2. The van der Waals surface area contributed by atoms with Crippen LogP contribution in [0.2, 0.25) is 0 Å². The lowest BCUT2D eigenvalue weighted by Crippen LogP contribution is -2.22. The summed E-state index contributed by atoms with van der Waals surface area (Å²) in [6.45, 7) is 2.33. The van der Waals surface area contributed by atoms with E-state index in [1.807, 2.05) is 0 Å². The molecule has 15 heavy (non-hydrogen) atoms. The van der Waals surface area contributed by atoms with Crippen LogP contribution >= 0.6 is 11.6 Å². The van der Waals surface area contributed by atoms with Crippen molar-refractivity contribution in [3.8, 4) is 0 Å². The highest BCUT2D eigenvalue weighted by atomic mass is 35.5. The highest BCUT2D eigenvalue weighted by Gasteiger charge is 2.65. The third-order valence-electron chi connectivity index (χ3n) is 4.21. The van der Waals surface area contributed by atoms with Crippen LogP contribution in [-0.2, 0) is 6.42 Å². The van der Waals surface area contributed by atoms with E-state index in [1.54, 1.807) is 0 Å². The average molecular weight is 222 g/mol. The zero-order chi connectivity index (χ0) is 10.3. The molecular weight excluding hydrogens is 206 g/mol. The van der Waals surface area contributed by atoms with Gasteiger partial charge < -0.3 is 5.32 Å². The summed E-state index contributed by atoms with van der Waals surface area (Å²) in [5.74, 6) is 2.41. The van der Waals surface area contributed by atoms with Crippen LogP contribution in [0.15, 0.2) is 30.3 Å². The van der Waals surface area contributed by atoms with Crippen molar-refractivity contribution < 1.29 is 0 Å². The summed E-state index contributed by atoms with van der Waals surface area (Å²) in [5, 5.41) is 3.49. The molecule has 1 N–H and O–H groups in total. The smallest absolute Gasteiger partial charge is 0.0261 e. The molecule has 2 aliphatic rings. The molecule has 1 aromatic rings. The number of rotatable bonds is 3. The third kappa shape index (κ3) is 1.41. The van der Waals surface area contributed by atoms with Crippen LogP contribution in [0.25, 0.3) is 0 Å². The van der Waals surface area contributed by atoms with Gasteiger partial charge in [0, 0.05) is 12.4 Å². The fraction of sp³-hybridized carbons (Fsp3) is 0.538. The summed E-state index contributed by atoms with van der Waals surface area (Å²) in [7, 11) is 0. The highest BCUT2D eigenvalue weighted by Crippen LogP contribution is 2.62. The Bertz CT molecular complexity index is 345. The van der Waals surface area contributed by atoms with E-state index in [0.29, 0.717) is 5.41 Å². The van der Waals surface area contributed by atoms with Crippen LogP contribution < -0.4 is 5.32 Å². The molecule has 0 spiro atoms. The van der Waals surface area contributed by atoms with Gasteiger partial charge in [0.2, 0.25) is 0 Å². The second-order valence-electron chi connectivity index (χ2n) is 4.89. The van der Waals surface area contributed by atoms with E-state index in [4.69, 9.17) is 11.6 Å². The second kappa shape index (κ2) is 3.50. The van der Waals surface area contributed by atoms with Crippen LogP contribution in [0.3, 0.4) is 0 Å². The summed E-state index contributed by atoms with van der Waals surface area (Å²) in [6, 6.07) is 10.8. The van der Waals surface area contributed by atoms with Crippen LogP contribution in [0.1, 0.15) is 5.56 Å². The van der Waals surface area contributed by atoms with Crippen molar-refractivity contribution in [3.05, 3.63) is 35.9 Å². The number of fused-ring (bicyclic) bond motifs is 1. The molecule has 0 radical (unpaired) electrons. The van der Waals surface area contributed by atoms with Crippen molar-refractivity contribution in [3.63, 3.8) is 0 Å². The fourth-order valence-corrected chi connectivity index (χ4v) is 3.82. The summed E-state index contributed by atoms with van der Waals surface area (Å²) in [4.78, 5) is 0. The van der Waals surface area contributed by atoms with Gasteiger partial charge in [-0.1, -0.05) is 30.3 Å². The SMILES string of the molecule is ClCC1C2CNCC12Cc1ccccc1. The lowest BCUT2D eigenvalue weighted by molar-refractivity contribution is 0.467. The molecule has 0 aromatic heterocycles. The Morgan fingerprint density at radius 1 is 1.33 bits per heavy atom. The molecule has 1 aromatic carbocycles. The Morgan fingerprint density at radius 3 is 2.80 bits per heavy atom. The molecule has 80 valence electrons. The number of nitrogens with one attached hydrogen (secondary N) is 1. The molecule has 1 nitrogen and oxygen atoms in total. The Kier molecular flexibility index (Phi) is 2.26. The van der Waals surface area contributed by atoms with E-state index in [2.05, 4.69) is 35.6 Å². The largest absolute Gasteiger partial charge is 0.316 e. The van der Waals surface area contributed by atoms with E-state index in [9.17, 15) is 0 Å². The van der Waals surface area contributed by atoms with E-state index in [0.717, 1.165) is 24.3 Å². The van der Waals surface area contributed by atoms with Crippen LogP contribution in [0.4, 0.5) is 0 Å². The molecule has 2 fully saturated rings. The van der Waals surface area contributed by atoms with Crippen molar-refractivity contribution in [2.75, 3.05) is 19.0 Å². The number of alkyl halides is 1. The maximum absolute atomic E-state index is 6.03. The quantitative estimate of drug-likeness (QED) is 0.773. The number of halogens is 1. The lowest BCUT2D eigenvalue weighted by Gasteiger charge is -2.14. The van der Waals surface area contributed by atoms with E-state index in [1.165, 1.54) is 18.5 Å². The van der Waals surface area contributed by atoms with Gasteiger partial charge in [0.05, 0.1) is 0 Å². The molecule has 3 unspecified atom stereocenters. The molecule has 3 rings (SSSR count). The van der Waals surface area contributed by atoms with E-state index < -0.39 is 0 Å². The minimum Gasteiger partial charge on any atom is -0.316 e. The number of piperidine rings is 1. The van der Waals surface area contributed by atoms with Gasteiger partial charge in [0.15, 0.2) is 0 Å². The van der Waals surface area contributed by atoms with Crippen LogP contribution in [0, 0.1) is 17.3 Å². The zero-order valence-electron chi connectivity index (χ0n) is 8.75. The lowest BCUT2D eigenvalue weighted by atomic mass is 9.94. The number of hydrogen-bond donors (Lipinski definition) is 1. The van der Waals surface area contributed by atoms with Gasteiger partial charge in [-0.25, -0.2) is 0 Å². The van der Waals surface area contributed by atoms with Gasteiger partial charge >= 0.3 is 0 Å². The van der Waals surface area contributed by atoms with Crippen molar-refractivity contribution in [1.29, 1.82) is 0 Å². The van der Waals surface area contributed by atoms with Gasteiger partial charge in [-0.2, -0.15) is 0 Å². The molecule has 2 heteroatoms. The fourth-order valence-electron chi connectivity index (χ4n) is 3.30. The number of benzene rings is 1. The first-order chi connectivity index (χ1) is 7.37. The Balaban J connectivity index is 1.78. The van der Waals surface area contributed by atoms with Crippen molar-refractivity contribution in [2.45, 2.75) is 6.42 Å². The monoisotopic (exact) mass is 221 g/mol. The second-order valence-corrected chi connectivity index (χ2v) is 5.20. The summed E-state index contributed by atoms with van der Waals surface area (Å²) in [5.41, 5.74) is 1.95. The van der Waals surface area contributed by atoms with Gasteiger partial charge in [0.25, 0.3) is 0 Å². The molecule has 1 saturated heterocycles. The third-order valence-corrected chi connectivity index (χ3v) is 4.55. The predicted octanol–water partition coefficient (Wildman–Crippen LogP) is 2.30. The average Bonchev–Trinajstić information content (AvgIpc) is 2.65. The topological polar surface area (TPSA) is 12.0 Å². The first-order valence-electron chi connectivity index (χ1n) is 5.67. The summed E-state index contributed by atoms with van der Waals surface area (Å²) < 4.78 is 0. The summed E-state index contributed by atoms with van der Waals surface area (Å²) in [6.07, 6.45) is 1.20. The molecule has 1 aliphatic heterocycles. The minimum absolute atomic E-state index is 0.489. The zero-order valence-corrected chi connectivity index (χ0v) is 9.50. The maximum atomic E-state index is 6.03. The van der Waals surface area contributed by atoms with Crippen LogP contribution in [-0.4, -0.2) is 19.0 Å².